The second kappa shape index (κ2) is 10.1. The van der Waals surface area contributed by atoms with Crippen molar-refractivity contribution in [2.24, 2.45) is 5.10 Å². The van der Waals surface area contributed by atoms with Crippen molar-refractivity contribution in [3.8, 4) is 0 Å². The summed E-state index contributed by atoms with van der Waals surface area (Å²) in [6.07, 6.45) is 1.22. The third-order valence-corrected chi connectivity index (χ3v) is 7.12. The van der Waals surface area contributed by atoms with Crippen LogP contribution >= 0.6 is 15.9 Å². The van der Waals surface area contributed by atoms with Crippen LogP contribution in [0.5, 0.6) is 0 Å². The molecule has 1 fully saturated rings. The molecule has 164 valence electrons. The van der Waals surface area contributed by atoms with Crippen molar-refractivity contribution in [3.63, 3.8) is 0 Å². The molecule has 0 saturated carbocycles. The Balaban J connectivity index is 1.50. The van der Waals surface area contributed by atoms with Crippen molar-refractivity contribution in [2.45, 2.75) is 4.90 Å². The van der Waals surface area contributed by atoms with Crippen LogP contribution in [0.25, 0.3) is 0 Å². The van der Waals surface area contributed by atoms with E-state index in [1.807, 2.05) is 4.90 Å². The molecule has 31 heavy (non-hydrogen) atoms. The molecule has 1 aliphatic heterocycles. The van der Waals surface area contributed by atoms with E-state index in [9.17, 15) is 23.3 Å². The summed E-state index contributed by atoms with van der Waals surface area (Å²) in [6.45, 7) is 1.38. The van der Waals surface area contributed by atoms with Crippen molar-refractivity contribution < 1.29 is 18.1 Å². The minimum Gasteiger partial charge on any atom is -0.292 e. The molecule has 2 aromatic rings. The molecule has 0 aliphatic carbocycles. The lowest BCUT2D eigenvalue weighted by Crippen LogP contribution is -2.50. The largest absolute Gasteiger partial charge is 0.292 e. The first-order valence-corrected chi connectivity index (χ1v) is 11.5. The quantitative estimate of drug-likeness (QED) is 0.344. The number of rotatable bonds is 7. The fraction of sp³-hybridized carbons (Fsp3) is 0.263. The molecule has 2 aromatic carbocycles. The molecule has 1 N–H and O–H groups in total. The highest BCUT2D eigenvalue weighted by atomic mass is 79.9. The summed E-state index contributed by atoms with van der Waals surface area (Å²) in [5.74, 6) is -0.390. The van der Waals surface area contributed by atoms with Crippen LogP contribution in [0.15, 0.2) is 63.0 Å². The Morgan fingerprint density at radius 2 is 1.77 bits per heavy atom. The molecule has 3 rings (SSSR count). The Morgan fingerprint density at radius 1 is 1.13 bits per heavy atom. The Bertz CT molecular complexity index is 1080. The van der Waals surface area contributed by atoms with Gasteiger partial charge >= 0.3 is 0 Å². The van der Waals surface area contributed by atoms with Gasteiger partial charge in [-0.15, -0.1) is 0 Å². The molecule has 0 unspecified atom stereocenters. The minimum atomic E-state index is -3.58. The number of amides is 1. The van der Waals surface area contributed by atoms with E-state index in [1.165, 1.54) is 22.7 Å². The smallest absolute Gasteiger partial charge is 0.278 e. The second-order valence-corrected chi connectivity index (χ2v) is 9.60. The number of carbonyl (C=O) groups is 1. The SMILES string of the molecule is O=C(CN1CCN(S(=O)(=O)c2ccc(Br)cc2)CC1)NN=Cc1ccccc1[N+](=O)[O-]. The number of carbonyl (C=O) groups excluding carboxylic acids is 1. The number of hydrogen-bond acceptors (Lipinski definition) is 7. The van der Waals surface area contributed by atoms with Crippen LogP contribution in [-0.2, 0) is 14.8 Å². The van der Waals surface area contributed by atoms with Gasteiger partial charge in [0, 0.05) is 36.7 Å². The maximum absolute atomic E-state index is 12.7. The van der Waals surface area contributed by atoms with Crippen LogP contribution in [0.1, 0.15) is 5.56 Å². The molecule has 1 heterocycles. The molecule has 0 atom stereocenters. The number of nitrogens with zero attached hydrogens (tertiary/aromatic N) is 4. The maximum atomic E-state index is 12.7. The molecule has 0 radical (unpaired) electrons. The number of sulfonamides is 1. The molecular weight excluding hydrogens is 490 g/mol. The first-order valence-electron chi connectivity index (χ1n) is 9.31. The lowest BCUT2D eigenvalue weighted by atomic mass is 10.2. The van der Waals surface area contributed by atoms with Gasteiger partial charge in [0.05, 0.1) is 28.1 Å². The van der Waals surface area contributed by atoms with Crippen molar-refractivity contribution >= 4 is 43.8 Å². The van der Waals surface area contributed by atoms with Gasteiger partial charge in [-0.1, -0.05) is 28.1 Å². The minimum absolute atomic E-state index is 0.0421. The van der Waals surface area contributed by atoms with E-state index in [-0.39, 0.29) is 41.7 Å². The zero-order valence-corrected chi connectivity index (χ0v) is 18.8. The van der Waals surface area contributed by atoms with Crippen LogP contribution in [0, 0.1) is 10.1 Å². The standard InChI is InChI=1S/C19H20BrN5O5S/c20-16-5-7-17(8-6-16)31(29,30)24-11-9-23(10-12-24)14-19(26)22-21-13-15-3-1-2-4-18(15)25(27)28/h1-8,13H,9-12,14H2,(H,22,26). The summed E-state index contributed by atoms with van der Waals surface area (Å²) in [7, 11) is -3.58. The highest BCUT2D eigenvalue weighted by molar-refractivity contribution is 9.10. The fourth-order valence-corrected chi connectivity index (χ4v) is 4.75. The lowest BCUT2D eigenvalue weighted by Gasteiger charge is -2.33. The number of hydrogen-bond donors (Lipinski definition) is 1. The molecular formula is C19H20BrN5O5S. The van der Waals surface area contributed by atoms with E-state index in [1.54, 1.807) is 36.4 Å². The van der Waals surface area contributed by atoms with Gasteiger partial charge in [-0.3, -0.25) is 19.8 Å². The monoisotopic (exact) mass is 509 g/mol. The average molecular weight is 510 g/mol. The third-order valence-electron chi connectivity index (χ3n) is 4.68. The highest BCUT2D eigenvalue weighted by Crippen LogP contribution is 2.20. The third kappa shape index (κ3) is 5.94. The first-order chi connectivity index (χ1) is 14.8. The predicted molar refractivity (Wildman–Crippen MR) is 118 cm³/mol. The number of nitro benzene ring substituents is 1. The van der Waals surface area contributed by atoms with Gasteiger partial charge in [0.1, 0.15) is 0 Å². The maximum Gasteiger partial charge on any atom is 0.278 e. The number of hydrazone groups is 1. The van der Waals surface area contributed by atoms with Crippen LogP contribution in [0.3, 0.4) is 0 Å². The van der Waals surface area contributed by atoms with Crippen molar-refractivity contribution in [2.75, 3.05) is 32.7 Å². The highest BCUT2D eigenvalue weighted by Gasteiger charge is 2.29. The summed E-state index contributed by atoms with van der Waals surface area (Å²) in [5.41, 5.74) is 2.52. The molecule has 0 bridgehead atoms. The average Bonchev–Trinajstić information content (AvgIpc) is 2.74. The Morgan fingerprint density at radius 3 is 2.42 bits per heavy atom. The summed E-state index contributed by atoms with van der Waals surface area (Å²) in [4.78, 5) is 24.6. The zero-order chi connectivity index (χ0) is 22.4. The fourth-order valence-electron chi connectivity index (χ4n) is 3.06. The normalized spacial score (nSPS) is 15.8. The summed E-state index contributed by atoms with van der Waals surface area (Å²) >= 11 is 3.29. The van der Waals surface area contributed by atoms with Crippen molar-refractivity contribution in [1.29, 1.82) is 0 Å². The molecule has 12 heteroatoms. The zero-order valence-electron chi connectivity index (χ0n) is 16.3. The molecule has 1 aliphatic rings. The summed E-state index contributed by atoms with van der Waals surface area (Å²) < 4.78 is 27.6. The number of para-hydroxylation sites is 1. The Hall–Kier alpha value is -2.67. The number of halogens is 1. The molecule has 1 amide bonds. The van der Waals surface area contributed by atoms with Crippen LogP contribution in [0.2, 0.25) is 0 Å². The van der Waals surface area contributed by atoms with Crippen LogP contribution in [-0.4, -0.2) is 67.4 Å². The van der Waals surface area contributed by atoms with E-state index >= 15 is 0 Å². The van der Waals surface area contributed by atoms with Crippen molar-refractivity contribution in [3.05, 3.63) is 68.7 Å². The first kappa shape index (κ1) is 23.0. The van der Waals surface area contributed by atoms with Gasteiger partial charge < -0.3 is 0 Å². The van der Waals surface area contributed by atoms with E-state index in [0.717, 1.165) is 4.47 Å². The van der Waals surface area contributed by atoms with Crippen LogP contribution < -0.4 is 5.43 Å². The van der Waals surface area contributed by atoms with Gasteiger partial charge in [-0.25, -0.2) is 13.8 Å². The second-order valence-electron chi connectivity index (χ2n) is 6.74. The number of nitro groups is 1. The van der Waals surface area contributed by atoms with E-state index in [2.05, 4.69) is 26.5 Å². The van der Waals surface area contributed by atoms with Gasteiger partial charge in [0.2, 0.25) is 10.0 Å². The molecule has 10 nitrogen and oxygen atoms in total. The van der Waals surface area contributed by atoms with Gasteiger partial charge in [-0.2, -0.15) is 9.41 Å². The van der Waals surface area contributed by atoms with Crippen LogP contribution in [0.4, 0.5) is 5.69 Å². The topological polar surface area (TPSA) is 125 Å². The van der Waals surface area contributed by atoms with Gasteiger partial charge in [-0.05, 0) is 30.3 Å². The van der Waals surface area contributed by atoms with E-state index in [0.29, 0.717) is 13.1 Å². The number of piperazine rings is 1. The Labute approximate surface area is 187 Å². The summed E-state index contributed by atoms with van der Waals surface area (Å²) in [6, 6.07) is 12.5. The predicted octanol–water partition coefficient (Wildman–Crippen LogP) is 1.81. The van der Waals surface area contributed by atoms with E-state index in [4.69, 9.17) is 0 Å². The van der Waals surface area contributed by atoms with Gasteiger partial charge in [0.25, 0.3) is 11.6 Å². The Kier molecular flexibility index (Phi) is 7.49. The van der Waals surface area contributed by atoms with E-state index < -0.39 is 14.9 Å². The lowest BCUT2D eigenvalue weighted by molar-refractivity contribution is -0.385. The summed E-state index contributed by atoms with van der Waals surface area (Å²) in [5, 5.41) is 14.8. The molecule has 0 spiro atoms. The molecule has 0 aromatic heterocycles. The molecule has 1 saturated heterocycles. The van der Waals surface area contributed by atoms with Crippen molar-refractivity contribution in [1.82, 2.24) is 14.6 Å². The number of benzene rings is 2. The van der Waals surface area contributed by atoms with Gasteiger partial charge in [0.15, 0.2) is 0 Å². The number of nitrogens with one attached hydrogen (secondary N) is 1.